The number of β-amino-alcohol motifs (C(OH)–C–C–N with tert-alkyl or cyclic N) is 1. The van der Waals surface area contributed by atoms with Crippen molar-refractivity contribution in [1.82, 2.24) is 9.62 Å². The van der Waals surface area contributed by atoms with Crippen LogP contribution in [0.15, 0.2) is 0 Å². The van der Waals surface area contributed by atoms with Gasteiger partial charge in [-0.2, -0.15) is 9.57 Å². The molecule has 1 aliphatic heterocycles. The smallest absolute Gasteiger partial charge is 0.230 e. The maximum absolute atomic E-state index is 11.8. The summed E-state index contributed by atoms with van der Waals surface area (Å²) in [5.41, 5.74) is 0. The number of hydrogen-bond donors (Lipinski definition) is 2. The fraction of sp³-hybridized carbons (Fsp3) is 0.875. The van der Waals surface area contributed by atoms with Crippen molar-refractivity contribution in [2.24, 2.45) is 0 Å². The number of likely N-dealkylation sites (N-methyl/N-ethyl adjacent to an activating group) is 1. The third-order valence-electron chi connectivity index (χ3n) is 2.65. The molecule has 1 unspecified atom stereocenters. The van der Waals surface area contributed by atoms with Crippen LogP contribution in [0.3, 0.4) is 0 Å². The second-order valence-corrected chi connectivity index (χ2v) is 5.94. The quantitative estimate of drug-likeness (QED) is 0.618. The Morgan fingerprint density at radius 3 is 2.60 bits per heavy atom. The molecule has 1 heterocycles. The predicted octanol–water partition coefficient (Wildman–Crippen LogP) is -1.51. The minimum Gasteiger partial charge on any atom is -0.390 e. The molecule has 2 N–H and O–H groups in total. The van der Waals surface area contributed by atoms with Gasteiger partial charge in [-0.25, -0.2) is 8.42 Å². The highest BCUT2D eigenvalue weighted by atomic mass is 32.2. The average molecular weight is 233 g/mol. The van der Waals surface area contributed by atoms with Crippen molar-refractivity contribution in [3.63, 3.8) is 0 Å². The first kappa shape index (κ1) is 12.4. The van der Waals surface area contributed by atoms with Crippen LogP contribution >= 0.6 is 0 Å². The lowest BCUT2D eigenvalue weighted by atomic mass is 10.2. The van der Waals surface area contributed by atoms with Crippen molar-refractivity contribution in [3.8, 4) is 6.07 Å². The van der Waals surface area contributed by atoms with Crippen LogP contribution in [0.25, 0.3) is 0 Å². The molecule has 1 saturated heterocycles. The highest BCUT2D eigenvalue weighted by Gasteiger charge is 2.37. The van der Waals surface area contributed by atoms with Gasteiger partial charge in [0.15, 0.2) is 5.25 Å². The van der Waals surface area contributed by atoms with Crippen LogP contribution in [-0.2, 0) is 10.0 Å². The molecule has 0 aliphatic carbocycles. The molecule has 1 rings (SSSR count). The van der Waals surface area contributed by atoms with Gasteiger partial charge in [-0.15, -0.1) is 0 Å². The molecule has 1 fully saturated rings. The van der Waals surface area contributed by atoms with Gasteiger partial charge in [-0.1, -0.05) is 0 Å². The van der Waals surface area contributed by atoms with E-state index in [2.05, 4.69) is 5.32 Å². The van der Waals surface area contributed by atoms with Crippen molar-refractivity contribution >= 4 is 10.0 Å². The Labute approximate surface area is 89.5 Å². The molecule has 0 radical (unpaired) electrons. The van der Waals surface area contributed by atoms with Crippen LogP contribution in [0.4, 0.5) is 0 Å². The van der Waals surface area contributed by atoms with Gasteiger partial charge in [-0.3, -0.25) is 0 Å². The van der Waals surface area contributed by atoms with Crippen LogP contribution in [0.5, 0.6) is 0 Å². The number of aliphatic hydroxyl groups is 1. The number of nitrogens with one attached hydrogen (secondary N) is 1. The number of sulfonamides is 1. The molecule has 0 saturated carbocycles. The molecular formula is C8H15N3O3S. The number of hydrogen-bond acceptors (Lipinski definition) is 5. The highest BCUT2D eigenvalue weighted by Crippen LogP contribution is 2.15. The number of aliphatic hydroxyl groups excluding tert-OH is 1. The zero-order chi connectivity index (χ0) is 11.6. The maximum atomic E-state index is 11.8. The second-order valence-electron chi connectivity index (χ2n) is 3.63. The van der Waals surface area contributed by atoms with Crippen molar-refractivity contribution < 1.29 is 13.5 Å². The van der Waals surface area contributed by atoms with E-state index < -0.39 is 27.4 Å². The molecule has 7 heteroatoms. The van der Waals surface area contributed by atoms with E-state index in [0.29, 0.717) is 13.1 Å². The van der Waals surface area contributed by atoms with Gasteiger partial charge >= 0.3 is 0 Å². The molecule has 86 valence electrons. The third-order valence-corrected chi connectivity index (χ3v) is 4.72. The zero-order valence-corrected chi connectivity index (χ0v) is 9.53. The van der Waals surface area contributed by atoms with E-state index in [1.165, 1.54) is 14.0 Å². The minimum atomic E-state index is -3.63. The van der Waals surface area contributed by atoms with Gasteiger partial charge < -0.3 is 10.4 Å². The van der Waals surface area contributed by atoms with E-state index in [9.17, 15) is 13.5 Å². The molecule has 0 bridgehead atoms. The Balaban J connectivity index is 2.85. The van der Waals surface area contributed by atoms with E-state index in [0.717, 1.165) is 4.31 Å². The summed E-state index contributed by atoms with van der Waals surface area (Å²) in [5, 5.41) is 19.9. The SMILES string of the molecule is CC(C#N)S(=O)(=O)N(C)[C@@H]1CNC[C@H]1O. The van der Waals surface area contributed by atoms with Gasteiger partial charge in [0.05, 0.1) is 18.2 Å². The number of rotatable bonds is 3. The Morgan fingerprint density at radius 2 is 2.20 bits per heavy atom. The number of nitriles is 1. The van der Waals surface area contributed by atoms with Crippen molar-refractivity contribution in [1.29, 1.82) is 5.26 Å². The molecule has 0 aromatic rings. The minimum absolute atomic E-state index is 0.380. The Hall–Kier alpha value is -0.680. The zero-order valence-electron chi connectivity index (χ0n) is 8.71. The highest BCUT2D eigenvalue weighted by molar-refractivity contribution is 7.89. The summed E-state index contributed by atoms with van der Waals surface area (Å²) in [6.07, 6.45) is -0.712. The van der Waals surface area contributed by atoms with Crippen LogP contribution in [0.2, 0.25) is 0 Å². The van der Waals surface area contributed by atoms with Crippen LogP contribution in [-0.4, -0.2) is 55.4 Å². The largest absolute Gasteiger partial charge is 0.390 e. The summed E-state index contributed by atoms with van der Waals surface area (Å²) >= 11 is 0. The van der Waals surface area contributed by atoms with Crippen molar-refractivity contribution in [3.05, 3.63) is 0 Å². The first-order valence-electron chi connectivity index (χ1n) is 4.66. The Bertz CT molecular complexity index is 362. The molecule has 1 aliphatic rings. The van der Waals surface area contributed by atoms with Gasteiger partial charge in [0.1, 0.15) is 0 Å². The van der Waals surface area contributed by atoms with Crippen LogP contribution in [0, 0.1) is 11.3 Å². The molecule has 0 amide bonds. The maximum Gasteiger partial charge on any atom is 0.230 e. The van der Waals surface area contributed by atoms with E-state index in [4.69, 9.17) is 5.26 Å². The van der Waals surface area contributed by atoms with Gasteiger partial charge in [-0.05, 0) is 6.92 Å². The molecule has 15 heavy (non-hydrogen) atoms. The molecule has 0 spiro atoms. The molecular weight excluding hydrogens is 218 g/mol. The molecule has 6 nitrogen and oxygen atoms in total. The summed E-state index contributed by atoms with van der Waals surface area (Å²) in [5.74, 6) is 0. The van der Waals surface area contributed by atoms with Gasteiger partial charge in [0.2, 0.25) is 10.0 Å². The summed E-state index contributed by atoms with van der Waals surface area (Å²) in [6, 6.07) is 1.21. The Morgan fingerprint density at radius 1 is 1.60 bits per heavy atom. The summed E-state index contributed by atoms with van der Waals surface area (Å²) in [7, 11) is -2.24. The number of nitrogens with zero attached hydrogens (tertiary/aromatic N) is 2. The van der Waals surface area contributed by atoms with Crippen molar-refractivity contribution in [2.45, 2.75) is 24.3 Å². The van der Waals surface area contributed by atoms with E-state index in [-0.39, 0.29) is 0 Å². The van der Waals surface area contributed by atoms with E-state index in [1.54, 1.807) is 6.07 Å². The fourth-order valence-corrected chi connectivity index (χ4v) is 2.75. The van der Waals surface area contributed by atoms with Crippen LogP contribution < -0.4 is 5.32 Å². The molecule has 0 aromatic heterocycles. The first-order chi connectivity index (χ1) is 6.91. The molecule has 0 aromatic carbocycles. The summed E-state index contributed by atoms with van der Waals surface area (Å²) in [6.45, 7) is 2.13. The first-order valence-corrected chi connectivity index (χ1v) is 6.17. The molecule has 3 atom stereocenters. The van der Waals surface area contributed by atoms with Gasteiger partial charge in [0, 0.05) is 20.1 Å². The van der Waals surface area contributed by atoms with Crippen molar-refractivity contribution in [2.75, 3.05) is 20.1 Å². The lowest BCUT2D eigenvalue weighted by Gasteiger charge is -2.26. The standard InChI is InChI=1S/C8H15N3O3S/c1-6(3-9)15(13,14)11(2)7-4-10-5-8(7)12/h6-8,10,12H,4-5H2,1-2H3/t6?,7-,8-/m1/s1. The fourth-order valence-electron chi connectivity index (χ4n) is 1.53. The second kappa shape index (κ2) is 4.45. The lowest BCUT2D eigenvalue weighted by molar-refractivity contribution is 0.136. The predicted molar refractivity (Wildman–Crippen MR) is 54.4 cm³/mol. The topological polar surface area (TPSA) is 93.4 Å². The Kier molecular flexibility index (Phi) is 3.67. The third kappa shape index (κ3) is 2.29. The van der Waals surface area contributed by atoms with Crippen LogP contribution in [0.1, 0.15) is 6.92 Å². The van der Waals surface area contributed by atoms with E-state index in [1.807, 2.05) is 0 Å². The summed E-state index contributed by atoms with van der Waals surface area (Å²) < 4.78 is 24.6. The van der Waals surface area contributed by atoms with E-state index >= 15 is 0 Å². The van der Waals surface area contributed by atoms with Gasteiger partial charge in [0.25, 0.3) is 0 Å². The average Bonchev–Trinajstić information content (AvgIpc) is 2.61. The summed E-state index contributed by atoms with van der Waals surface area (Å²) in [4.78, 5) is 0. The normalized spacial score (nSPS) is 29.0. The monoisotopic (exact) mass is 233 g/mol. The lowest BCUT2D eigenvalue weighted by Crippen LogP contribution is -2.46.